The Bertz CT molecular complexity index is 298. The average molecular weight is 301 g/mol. The summed E-state index contributed by atoms with van der Waals surface area (Å²) >= 11 is 2.01. The monoisotopic (exact) mass is 300 g/mol. The molecule has 2 unspecified atom stereocenters. The van der Waals surface area contributed by atoms with Crippen molar-refractivity contribution in [1.82, 2.24) is 0 Å². The topological polar surface area (TPSA) is 29.5 Å². The molecular weight excluding hydrogens is 268 g/mol. The Kier molecular flexibility index (Phi) is 5.47. The van der Waals surface area contributed by atoms with Crippen LogP contribution in [0.3, 0.4) is 0 Å². The fourth-order valence-corrected chi connectivity index (χ4v) is 5.56. The molecular formula is C17H32O2S. The predicted octanol–water partition coefficient (Wildman–Crippen LogP) is 4.11. The van der Waals surface area contributed by atoms with E-state index in [2.05, 4.69) is 27.7 Å². The molecule has 0 aromatic rings. The Labute approximate surface area is 129 Å². The highest BCUT2D eigenvalue weighted by atomic mass is 32.2. The van der Waals surface area contributed by atoms with Gasteiger partial charge in [-0.3, -0.25) is 0 Å². The standard InChI is InChI=1S/C17H32O2S/c1-13(2)9-17(18,10-14(3)4)15-5-7-19-16(11-15)6-8-20-12-16/h13-15,18H,5-12H2,1-4H3. The lowest BCUT2D eigenvalue weighted by Gasteiger charge is -2.46. The first kappa shape index (κ1) is 16.6. The molecule has 0 bridgehead atoms. The number of rotatable bonds is 5. The number of aliphatic hydroxyl groups is 1. The summed E-state index contributed by atoms with van der Waals surface area (Å²) in [6.07, 6.45) is 5.13. The van der Waals surface area contributed by atoms with Crippen LogP contribution in [0.15, 0.2) is 0 Å². The third kappa shape index (κ3) is 3.92. The summed E-state index contributed by atoms with van der Waals surface area (Å²) in [5.74, 6) is 3.87. The molecule has 20 heavy (non-hydrogen) atoms. The largest absolute Gasteiger partial charge is 0.390 e. The van der Waals surface area contributed by atoms with Gasteiger partial charge in [0.1, 0.15) is 0 Å². The van der Waals surface area contributed by atoms with E-state index in [1.54, 1.807) is 0 Å². The fourth-order valence-electron chi connectivity index (χ4n) is 4.18. The fraction of sp³-hybridized carbons (Fsp3) is 1.00. The second-order valence-corrected chi connectivity index (χ2v) is 8.93. The SMILES string of the molecule is CC(C)CC(O)(CC(C)C)C1CCOC2(CCSC2)C1. The summed E-state index contributed by atoms with van der Waals surface area (Å²) in [5.41, 5.74) is -0.415. The molecule has 2 saturated heterocycles. The Balaban J connectivity index is 2.10. The van der Waals surface area contributed by atoms with E-state index in [1.807, 2.05) is 11.8 Å². The third-order valence-electron chi connectivity index (χ3n) is 4.84. The minimum absolute atomic E-state index is 0.0789. The Morgan fingerprint density at radius 2 is 1.90 bits per heavy atom. The molecule has 118 valence electrons. The lowest BCUT2D eigenvalue weighted by atomic mass is 9.69. The maximum Gasteiger partial charge on any atom is 0.0784 e. The molecule has 2 heterocycles. The van der Waals surface area contributed by atoms with Crippen LogP contribution < -0.4 is 0 Å². The Hall–Kier alpha value is 0.270. The van der Waals surface area contributed by atoms with Gasteiger partial charge in [-0.2, -0.15) is 11.8 Å². The molecule has 2 aliphatic rings. The van der Waals surface area contributed by atoms with Crippen LogP contribution in [0.5, 0.6) is 0 Å². The smallest absolute Gasteiger partial charge is 0.0784 e. The van der Waals surface area contributed by atoms with Crippen LogP contribution in [0.2, 0.25) is 0 Å². The van der Waals surface area contributed by atoms with Crippen molar-refractivity contribution >= 4 is 11.8 Å². The van der Waals surface area contributed by atoms with E-state index in [1.165, 1.54) is 12.2 Å². The van der Waals surface area contributed by atoms with Crippen LogP contribution in [0, 0.1) is 17.8 Å². The second-order valence-electron chi connectivity index (χ2n) is 7.82. The van der Waals surface area contributed by atoms with E-state index in [0.717, 1.165) is 38.0 Å². The molecule has 2 nitrogen and oxygen atoms in total. The van der Waals surface area contributed by atoms with Crippen molar-refractivity contribution in [3.63, 3.8) is 0 Å². The van der Waals surface area contributed by atoms with Gasteiger partial charge >= 0.3 is 0 Å². The molecule has 0 saturated carbocycles. The van der Waals surface area contributed by atoms with Crippen LogP contribution in [-0.2, 0) is 4.74 Å². The number of hydrogen-bond acceptors (Lipinski definition) is 3. The maximum absolute atomic E-state index is 11.4. The highest BCUT2D eigenvalue weighted by molar-refractivity contribution is 7.99. The zero-order valence-electron chi connectivity index (χ0n) is 13.7. The first-order valence-electron chi connectivity index (χ1n) is 8.29. The van der Waals surface area contributed by atoms with Gasteiger partial charge < -0.3 is 9.84 Å². The van der Waals surface area contributed by atoms with E-state index in [-0.39, 0.29) is 5.60 Å². The van der Waals surface area contributed by atoms with Crippen molar-refractivity contribution in [1.29, 1.82) is 0 Å². The van der Waals surface area contributed by atoms with Crippen molar-refractivity contribution in [2.24, 2.45) is 17.8 Å². The zero-order chi connectivity index (χ0) is 14.8. The van der Waals surface area contributed by atoms with Gasteiger partial charge in [-0.15, -0.1) is 0 Å². The second kappa shape index (κ2) is 6.58. The van der Waals surface area contributed by atoms with E-state index < -0.39 is 5.60 Å². The molecule has 1 N–H and O–H groups in total. The Morgan fingerprint density at radius 1 is 1.25 bits per heavy atom. The lowest BCUT2D eigenvalue weighted by molar-refractivity contribution is -0.143. The molecule has 2 fully saturated rings. The molecule has 2 rings (SSSR count). The molecule has 3 heteroatoms. The molecule has 0 aliphatic carbocycles. The summed E-state index contributed by atoms with van der Waals surface area (Å²) < 4.78 is 6.13. The van der Waals surface area contributed by atoms with E-state index >= 15 is 0 Å². The van der Waals surface area contributed by atoms with Crippen LogP contribution in [0.1, 0.15) is 59.8 Å². The van der Waals surface area contributed by atoms with Gasteiger partial charge in [0.2, 0.25) is 0 Å². The maximum atomic E-state index is 11.4. The normalized spacial score (nSPS) is 31.6. The summed E-state index contributed by atoms with van der Waals surface area (Å²) in [5, 5.41) is 11.4. The molecule has 2 atom stereocenters. The summed E-state index contributed by atoms with van der Waals surface area (Å²) in [7, 11) is 0. The van der Waals surface area contributed by atoms with Crippen LogP contribution >= 0.6 is 11.8 Å². The summed E-state index contributed by atoms with van der Waals surface area (Å²) in [6, 6.07) is 0. The lowest BCUT2D eigenvalue weighted by Crippen LogP contribution is -2.49. The average Bonchev–Trinajstić information content (AvgIpc) is 2.75. The summed E-state index contributed by atoms with van der Waals surface area (Å²) in [6.45, 7) is 9.75. The van der Waals surface area contributed by atoms with Crippen molar-refractivity contribution in [3.8, 4) is 0 Å². The number of hydrogen-bond donors (Lipinski definition) is 1. The van der Waals surface area contributed by atoms with E-state index in [0.29, 0.717) is 17.8 Å². The highest BCUT2D eigenvalue weighted by Gasteiger charge is 2.47. The van der Waals surface area contributed by atoms with Gasteiger partial charge in [-0.05, 0) is 55.6 Å². The van der Waals surface area contributed by atoms with Crippen molar-refractivity contribution in [3.05, 3.63) is 0 Å². The molecule has 0 amide bonds. The predicted molar refractivity (Wildman–Crippen MR) is 87.2 cm³/mol. The molecule has 2 aliphatic heterocycles. The summed E-state index contributed by atoms with van der Waals surface area (Å²) in [4.78, 5) is 0. The van der Waals surface area contributed by atoms with Crippen LogP contribution in [0.4, 0.5) is 0 Å². The molecule has 0 radical (unpaired) electrons. The van der Waals surface area contributed by atoms with Gasteiger partial charge in [0, 0.05) is 12.4 Å². The minimum atomic E-state index is -0.494. The van der Waals surface area contributed by atoms with Crippen LogP contribution in [-0.4, -0.2) is 34.4 Å². The molecule has 1 spiro atoms. The quantitative estimate of drug-likeness (QED) is 0.828. The van der Waals surface area contributed by atoms with E-state index in [4.69, 9.17) is 4.74 Å². The van der Waals surface area contributed by atoms with Gasteiger partial charge in [-0.1, -0.05) is 27.7 Å². The number of ether oxygens (including phenoxy) is 1. The third-order valence-corrected chi connectivity index (χ3v) is 6.07. The van der Waals surface area contributed by atoms with Gasteiger partial charge in [0.05, 0.1) is 11.2 Å². The van der Waals surface area contributed by atoms with Crippen molar-refractivity contribution in [2.45, 2.75) is 71.0 Å². The highest BCUT2D eigenvalue weighted by Crippen LogP contribution is 2.46. The first-order valence-corrected chi connectivity index (χ1v) is 9.45. The minimum Gasteiger partial charge on any atom is -0.390 e. The molecule has 0 aromatic heterocycles. The van der Waals surface area contributed by atoms with Crippen LogP contribution in [0.25, 0.3) is 0 Å². The van der Waals surface area contributed by atoms with Gasteiger partial charge in [0.25, 0.3) is 0 Å². The first-order chi connectivity index (χ1) is 9.35. The number of thioether (sulfide) groups is 1. The van der Waals surface area contributed by atoms with Gasteiger partial charge in [0.15, 0.2) is 0 Å². The van der Waals surface area contributed by atoms with Gasteiger partial charge in [-0.25, -0.2) is 0 Å². The van der Waals surface area contributed by atoms with E-state index in [9.17, 15) is 5.11 Å². The molecule has 0 aromatic carbocycles. The zero-order valence-corrected chi connectivity index (χ0v) is 14.5. The Morgan fingerprint density at radius 3 is 2.40 bits per heavy atom. The van der Waals surface area contributed by atoms with Crippen molar-refractivity contribution < 1.29 is 9.84 Å². The van der Waals surface area contributed by atoms with Crippen molar-refractivity contribution in [2.75, 3.05) is 18.1 Å².